The number of benzene rings is 1. The zero-order valence-electron chi connectivity index (χ0n) is 28.5. The molecular weight excluding hydrogens is 618 g/mol. The number of aliphatic hydroxyl groups is 4. The zero-order valence-corrected chi connectivity index (χ0v) is 28.5. The van der Waals surface area contributed by atoms with Gasteiger partial charge in [-0.1, -0.05) is 25.3 Å². The Hall–Kier alpha value is -3.55. The molecule has 2 aromatic heterocycles. The van der Waals surface area contributed by atoms with E-state index < -0.39 is 30.5 Å². The van der Waals surface area contributed by atoms with E-state index in [0.717, 1.165) is 55.3 Å². The molecule has 0 unspecified atom stereocenters. The minimum absolute atomic E-state index is 0.0330. The number of aliphatic hydroxyl groups excluding tert-OH is 4. The Morgan fingerprint density at radius 2 is 1.90 bits per heavy atom. The molecule has 2 heterocycles. The van der Waals surface area contributed by atoms with Crippen molar-refractivity contribution >= 4 is 5.82 Å². The highest BCUT2D eigenvalue weighted by Gasteiger charge is 2.44. The van der Waals surface area contributed by atoms with Gasteiger partial charge in [0, 0.05) is 41.8 Å². The minimum Gasteiger partial charge on any atom is -0.504 e. The molecule has 3 aliphatic rings. The lowest BCUT2D eigenvalue weighted by molar-refractivity contribution is -0.104. The molecule has 2 fully saturated rings. The van der Waals surface area contributed by atoms with Crippen LogP contribution in [-0.4, -0.2) is 66.0 Å². The molecule has 6 rings (SSSR count). The highest BCUT2D eigenvalue weighted by Crippen LogP contribution is 2.44. The molecule has 2 saturated carbocycles. The number of hydrogen-bond acceptors (Lipinski definition) is 8. The summed E-state index contributed by atoms with van der Waals surface area (Å²) in [5, 5.41) is 55.9. The van der Waals surface area contributed by atoms with Gasteiger partial charge in [0.1, 0.15) is 18.0 Å². The number of aromatic amines is 1. The molecule has 0 aliphatic heterocycles. The molecule has 3 aliphatic carbocycles. The third-order valence-corrected chi connectivity index (χ3v) is 11.8. The number of ether oxygens (including phenoxy) is 1. The average Bonchev–Trinajstić information content (AvgIpc) is 3.55. The summed E-state index contributed by atoms with van der Waals surface area (Å²) >= 11 is 0. The number of phenols is 1. The molecule has 0 saturated heterocycles. The van der Waals surface area contributed by atoms with Gasteiger partial charge in [-0.15, -0.1) is 5.92 Å². The third-order valence-electron chi connectivity index (χ3n) is 11.8. The Balaban J connectivity index is 1.20. The summed E-state index contributed by atoms with van der Waals surface area (Å²) in [6, 6.07) is 12.9. The van der Waals surface area contributed by atoms with E-state index >= 15 is 0 Å². The number of aromatic hydroxyl groups is 1. The maximum atomic E-state index is 11.5. The molecule has 9 heteroatoms. The molecular formula is C40H53N3O6. The molecule has 0 radical (unpaired) electrons. The van der Waals surface area contributed by atoms with E-state index in [1.165, 1.54) is 0 Å². The molecule has 10 atom stereocenters. The summed E-state index contributed by atoms with van der Waals surface area (Å²) in [7, 11) is 0. The number of nitrogen functional groups attached to an aromatic ring is 1. The van der Waals surface area contributed by atoms with Gasteiger partial charge in [-0.3, -0.25) is 0 Å². The Kier molecular flexibility index (Phi) is 11.2. The van der Waals surface area contributed by atoms with Gasteiger partial charge >= 0.3 is 0 Å². The molecule has 49 heavy (non-hydrogen) atoms. The van der Waals surface area contributed by atoms with Gasteiger partial charge in [-0.2, -0.15) is 0 Å². The fourth-order valence-electron chi connectivity index (χ4n) is 8.72. The Morgan fingerprint density at radius 3 is 2.67 bits per heavy atom. The first kappa shape index (κ1) is 35.3. The highest BCUT2D eigenvalue weighted by molar-refractivity contribution is 5.42. The predicted octanol–water partition coefficient (Wildman–Crippen LogP) is 5.26. The Bertz CT molecular complexity index is 1590. The van der Waals surface area contributed by atoms with Crippen LogP contribution in [0.5, 0.6) is 11.5 Å². The molecule has 1 aromatic carbocycles. The van der Waals surface area contributed by atoms with Crippen molar-refractivity contribution in [2.24, 2.45) is 23.2 Å². The van der Waals surface area contributed by atoms with Crippen LogP contribution in [0.25, 0.3) is 0 Å². The predicted molar refractivity (Wildman–Crippen MR) is 189 cm³/mol. The molecule has 0 amide bonds. The number of nitrogens with zero attached hydrogens (tertiary/aromatic N) is 1. The van der Waals surface area contributed by atoms with E-state index in [4.69, 9.17) is 10.5 Å². The minimum atomic E-state index is -1.17. The van der Waals surface area contributed by atoms with Crippen molar-refractivity contribution in [3.05, 3.63) is 71.7 Å². The fourth-order valence-corrected chi connectivity index (χ4v) is 8.72. The van der Waals surface area contributed by atoms with Crippen LogP contribution in [0.2, 0.25) is 0 Å². The van der Waals surface area contributed by atoms with Crippen molar-refractivity contribution in [2.45, 2.75) is 120 Å². The van der Waals surface area contributed by atoms with Crippen LogP contribution < -0.4 is 10.5 Å². The van der Waals surface area contributed by atoms with Crippen LogP contribution in [0.15, 0.2) is 54.9 Å². The second kappa shape index (κ2) is 15.6. The van der Waals surface area contributed by atoms with E-state index in [0.29, 0.717) is 44.3 Å². The first-order valence-electron chi connectivity index (χ1n) is 18.2. The van der Waals surface area contributed by atoms with Gasteiger partial charge in [-0.05, 0) is 124 Å². The number of rotatable bonds is 11. The number of hydrogen-bond donors (Lipinski definition) is 7. The number of aromatic nitrogens is 2. The summed E-state index contributed by atoms with van der Waals surface area (Å²) in [6.07, 6.45) is 8.37. The number of fused-ring (bicyclic) bond motifs is 3. The smallest absolute Gasteiger partial charge is 0.161 e. The topological polar surface area (TPSA) is 165 Å². The quantitative estimate of drug-likeness (QED) is 0.136. The van der Waals surface area contributed by atoms with Crippen LogP contribution in [0.3, 0.4) is 0 Å². The second-order valence-electron chi connectivity index (χ2n) is 14.8. The molecule has 264 valence electrons. The first-order valence-corrected chi connectivity index (χ1v) is 18.2. The van der Waals surface area contributed by atoms with E-state index in [2.05, 4.69) is 28.7 Å². The lowest BCUT2D eigenvalue weighted by atomic mass is 9.71. The van der Waals surface area contributed by atoms with Gasteiger partial charge in [0.15, 0.2) is 11.5 Å². The van der Waals surface area contributed by atoms with Crippen LogP contribution in [0.4, 0.5) is 5.82 Å². The highest BCUT2D eigenvalue weighted by atomic mass is 16.5. The van der Waals surface area contributed by atoms with Crippen LogP contribution in [0.1, 0.15) is 93.9 Å². The van der Waals surface area contributed by atoms with Gasteiger partial charge in [0.2, 0.25) is 0 Å². The van der Waals surface area contributed by atoms with Gasteiger partial charge < -0.3 is 41.0 Å². The fraction of sp³-hybridized carbons (Fsp3) is 0.575. The molecule has 9 nitrogen and oxygen atoms in total. The summed E-state index contributed by atoms with van der Waals surface area (Å²) in [6.45, 7) is 2.21. The van der Waals surface area contributed by atoms with Crippen molar-refractivity contribution in [1.29, 1.82) is 0 Å². The van der Waals surface area contributed by atoms with E-state index in [1.54, 1.807) is 18.3 Å². The number of nitrogens with one attached hydrogen (secondary N) is 1. The SMILES string of the molecule is CC[C@]12C#CC[C@@H]([C@H](O)CCc3ccc(O)c(O[C@@H]4[C@@H](O)[C@H](O)CC[C@@H]4[C@H](Cc4ccc[nH]4)c4ccnc(N)c4)c3)[C@@H](O)[C@H](CCC1)CC2. The normalized spacial score (nSPS) is 31.3. The van der Waals surface area contributed by atoms with E-state index in [9.17, 15) is 25.5 Å². The van der Waals surface area contributed by atoms with Gasteiger partial charge in [0.05, 0.1) is 18.3 Å². The monoisotopic (exact) mass is 671 g/mol. The molecule has 3 aromatic rings. The van der Waals surface area contributed by atoms with Crippen molar-refractivity contribution < 1.29 is 30.3 Å². The third kappa shape index (κ3) is 8.10. The van der Waals surface area contributed by atoms with Gasteiger partial charge in [-0.25, -0.2) is 4.98 Å². The maximum absolute atomic E-state index is 11.5. The zero-order chi connectivity index (χ0) is 34.5. The number of nitrogens with two attached hydrogens (primary N) is 1. The summed E-state index contributed by atoms with van der Waals surface area (Å²) in [5.41, 5.74) is 8.96. The number of aryl methyl sites for hydroxylation is 1. The lowest BCUT2D eigenvalue weighted by Crippen LogP contribution is -2.51. The van der Waals surface area contributed by atoms with Crippen molar-refractivity contribution in [3.63, 3.8) is 0 Å². The van der Waals surface area contributed by atoms with Crippen LogP contribution in [-0.2, 0) is 12.8 Å². The summed E-state index contributed by atoms with van der Waals surface area (Å²) < 4.78 is 6.49. The van der Waals surface area contributed by atoms with Crippen LogP contribution in [0, 0.1) is 35.0 Å². The standard InChI is InChI=1S/C40H53N3O6/c1-2-40-17-3-6-26(15-19-40)37(47)30(8-4-18-40)32(44)12-9-25-10-13-33(45)35(22-25)49-39-29(11-14-34(46)38(39)48)31(24-28-7-5-20-42-28)27-16-21-43-36(41)23-27/h5,7,10,13,16,20-23,26,29-32,34,37-39,42,44-48H,2-3,6,8-9,11-12,14-15,17,19,24H2,1H3,(H2,41,43)/t26-,29-,30+,31-,32-,34-,37+,38+,39+,40-/m1/s1. The lowest BCUT2D eigenvalue weighted by Gasteiger charge is -2.42. The number of H-pyrrole nitrogens is 1. The maximum Gasteiger partial charge on any atom is 0.161 e. The summed E-state index contributed by atoms with van der Waals surface area (Å²) in [4.78, 5) is 7.46. The molecule has 0 spiro atoms. The Morgan fingerprint density at radius 1 is 1.04 bits per heavy atom. The summed E-state index contributed by atoms with van der Waals surface area (Å²) in [5.74, 6) is 6.98. The van der Waals surface area contributed by atoms with Crippen molar-refractivity contribution in [1.82, 2.24) is 9.97 Å². The van der Waals surface area contributed by atoms with Crippen molar-refractivity contribution in [2.75, 3.05) is 5.73 Å². The largest absolute Gasteiger partial charge is 0.504 e. The van der Waals surface area contributed by atoms with Gasteiger partial charge in [0.25, 0.3) is 0 Å². The first-order chi connectivity index (χ1) is 23.7. The van der Waals surface area contributed by atoms with E-state index in [-0.39, 0.29) is 40.6 Å². The number of anilines is 1. The molecule has 2 bridgehead atoms. The second-order valence-corrected chi connectivity index (χ2v) is 14.8. The van der Waals surface area contributed by atoms with Crippen molar-refractivity contribution in [3.8, 4) is 23.3 Å². The Labute approximate surface area is 290 Å². The van der Waals surface area contributed by atoms with Crippen LogP contribution >= 0.6 is 0 Å². The number of phenolic OH excluding ortho intramolecular Hbond substituents is 1. The molecule has 8 N–H and O–H groups in total. The van der Waals surface area contributed by atoms with E-state index in [1.807, 2.05) is 36.5 Å². The number of pyridine rings is 1. The average molecular weight is 672 g/mol.